The van der Waals surface area contributed by atoms with E-state index >= 15 is 0 Å². The van der Waals surface area contributed by atoms with Crippen molar-refractivity contribution in [1.82, 2.24) is 10.0 Å². The molecule has 2 atom stereocenters. The van der Waals surface area contributed by atoms with Crippen LogP contribution in [0.5, 0.6) is 0 Å². The van der Waals surface area contributed by atoms with Crippen LogP contribution in [-0.4, -0.2) is 33.3 Å². The van der Waals surface area contributed by atoms with Gasteiger partial charge in [0.15, 0.2) is 0 Å². The summed E-state index contributed by atoms with van der Waals surface area (Å²) < 4.78 is 26.0. The number of hydrogen-bond acceptors (Lipinski definition) is 3. The highest BCUT2D eigenvalue weighted by atomic mass is 35.5. The van der Waals surface area contributed by atoms with Crippen molar-refractivity contribution in [3.8, 4) is 0 Å². The molecule has 16 heavy (non-hydrogen) atoms. The molecule has 0 spiro atoms. The highest BCUT2D eigenvalue weighted by molar-refractivity contribution is 7.89. The van der Waals surface area contributed by atoms with Gasteiger partial charge in [-0.1, -0.05) is 13.0 Å². The van der Waals surface area contributed by atoms with Crippen molar-refractivity contribution in [2.24, 2.45) is 5.92 Å². The van der Waals surface area contributed by atoms with Crippen LogP contribution in [0.15, 0.2) is 12.7 Å². The van der Waals surface area contributed by atoms with Gasteiger partial charge < -0.3 is 5.32 Å². The number of sulfonamides is 1. The molecule has 1 aliphatic heterocycles. The van der Waals surface area contributed by atoms with Crippen LogP contribution in [0, 0.1) is 5.92 Å². The number of nitrogens with one attached hydrogen (secondary N) is 2. The zero-order chi connectivity index (χ0) is 11.3. The Bertz CT molecular complexity index is 306. The van der Waals surface area contributed by atoms with Crippen molar-refractivity contribution in [2.75, 3.05) is 18.8 Å². The van der Waals surface area contributed by atoms with Gasteiger partial charge in [0, 0.05) is 6.04 Å². The lowest BCUT2D eigenvalue weighted by molar-refractivity contribution is 0.328. The summed E-state index contributed by atoms with van der Waals surface area (Å²) in [5.74, 6) is 0.505. The second-order valence-corrected chi connectivity index (χ2v) is 5.96. The quantitative estimate of drug-likeness (QED) is 0.729. The Hall–Kier alpha value is -0.100. The van der Waals surface area contributed by atoms with Crippen LogP contribution in [-0.2, 0) is 10.0 Å². The molecule has 6 heteroatoms. The van der Waals surface area contributed by atoms with E-state index in [1.165, 1.54) is 0 Å². The molecule has 1 saturated heterocycles. The third-order valence-corrected chi connectivity index (χ3v) is 4.14. The number of hydrogen-bond donors (Lipinski definition) is 2. The SMILES string of the molecule is C=CCCS(=O)(=O)NC1CCNCC1C.Cl. The fraction of sp³-hybridized carbons (Fsp3) is 0.800. The van der Waals surface area contributed by atoms with Gasteiger partial charge in [-0.05, 0) is 31.8 Å². The second kappa shape index (κ2) is 7.27. The molecular formula is C10H21ClN2O2S. The maximum atomic E-state index is 11.6. The Morgan fingerprint density at radius 2 is 2.25 bits per heavy atom. The lowest BCUT2D eigenvalue weighted by Crippen LogP contribution is -2.48. The first-order valence-corrected chi connectivity index (χ1v) is 7.02. The summed E-state index contributed by atoms with van der Waals surface area (Å²) in [5.41, 5.74) is 0. The molecule has 2 N–H and O–H groups in total. The highest BCUT2D eigenvalue weighted by Crippen LogP contribution is 2.11. The lowest BCUT2D eigenvalue weighted by Gasteiger charge is -2.29. The summed E-state index contributed by atoms with van der Waals surface area (Å²) in [4.78, 5) is 0. The number of piperidine rings is 1. The van der Waals surface area contributed by atoms with Gasteiger partial charge in [0.1, 0.15) is 0 Å². The van der Waals surface area contributed by atoms with Crippen molar-refractivity contribution < 1.29 is 8.42 Å². The van der Waals surface area contributed by atoms with Gasteiger partial charge in [0.05, 0.1) is 5.75 Å². The topological polar surface area (TPSA) is 58.2 Å². The first kappa shape index (κ1) is 15.9. The first-order valence-electron chi connectivity index (χ1n) is 5.37. The van der Waals surface area contributed by atoms with E-state index in [1.807, 2.05) is 0 Å². The molecule has 4 nitrogen and oxygen atoms in total. The number of halogens is 1. The fourth-order valence-corrected chi connectivity index (χ4v) is 3.12. The Morgan fingerprint density at radius 3 is 2.81 bits per heavy atom. The van der Waals surface area contributed by atoms with Gasteiger partial charge in [-0.25, -0.2) is 13.1 Å². The van der Waals surface area contributed by atoms with Gasteiger partial charge in [0.25, 0.3) is 0 Å². The molecule has 0 aromatic carbocycles. The molecule has 2 unspecified atom stereocenters. The second-order valence-electron chi connectivity index (χ2n) is 4.09. The summed E-state index contributed by atoms with van der Waals surface area (Å²) in [6, 6.07) is 0.0843. The van der Waals surface area contributed by atoms with E-state index < -0.39 is 10.0 Å². The molecule has 1 aliphatic rings. The third-order valence-electron chi connectivity index (χ3n) is 2.71. The van der Waals surface area contributed by atoms with Crippen LogP contribution in [0.25, 0.3) is 0 Å². The molecule has 0 aromatic rings. The first-order chi connectivity index (χ1) is 7.05. The molecule has 0 bridgehead atoms. The molecule has 1 rings (SSSR count). The molecule has 0 radical (unpaired) electrons. The van der Waals surface area contributed by atoms with E-state index in [0.717, 1.165) is 19.5 Å². The molecular weight excluding hydrogens is 248 g/mol. The van der Waals surface area contributed by atoms with Crippen LogP contribution in [0.4, 0.5) is 0 Å². The van der Waals surface area contributed by atoms with Crippen LogP contribution < -0.4 is 10.0 Å². The maximum Gasteiger partial charge on any atom is 0.212 e. The minimum Gasteiger partial charge on any atom is -0.316 e. The Morgan fingerprint density at radius 1 is 1.56 bits per heavy atom. The van der Waals surface area contributed by atoms with Crippen LogP contribution >= 0.6 is 12.4 Å². The van der Waals surface area contributed by atoms with E-state index in [4.69, 9.17) is 0 Å². The maximum absolute atomic E-state index is 11.6. The van der Waals surface area contributed by atoms with E-state index in [1.54, 1.807) is 6.08 Å². The summed E-state index contributed by atoms with van der Waals surface area (Å²) in [7, 11) is -3.13. The minimum absolute atomic E-state index is 0. The van der Waals surface area contributed by atoms with Gasteiger partial charge in [-0.2, -0.15) is 0 Å². The molecule has 96 valence electrons. The smallest absolute Gasteiger partial charge is 0.212 e. The predicted octanol–water partition coefficient (Wildman–Crippen LogP) is 0.902. The zero-order valence-corrected chi connectivity index (χ0v) is 11.2. The predicted molar refractivity (Wildman–Crippen MR) is 69.4 cm³/mol. The fourth-order valence-electron chi connectivity index (χ4n) is 1.72. The molecule has 1 heterocycles. The lowest BCUT2D eigenvalue weighted by atomic mass is 9.97. The zero-order valence-electron chi connectivity index (χ0n) is 9.61. The minimum atomic E-state index is -3.13. The van der Waals surface area contributed by atoms with Crippen molar-refractivity contribution in [1.29, 1.82) is 0 Å². The van der Waals surface area contributed by atoms with Gasteiger partial charge in [-0.15, -0.1) is 19.0 Å². The van der Waals surface area contributed by atoms with Crippen LogP contribution in [0.1, 0.15) is 19.8 Å². The van der Waals surface area contributed by atoms with Crippen LogP contribution in [0.2, 0.25) is 0 Å². The molecule has 0 saturated carbocycles. The normalized spacial score (nSPS) is 25.8. The largest absolute Gasteiger partial charge is 0.316 e. The van der Waals surface area contributed by atoms with Gasteiger partial charge >= 0.3 is 0 Å². The third kappa shape index (κ3) is 5.30. The van der Waals surface area contributed by atoms with E-state index in [9.17, 15) is 8.42 Å². The molecule has 0 amide bonds. The van der Waals surface area contributed by atoms with E-state index in [-0.39, 0.29) is 24.2 Å². The Balaban J connectivity index is 0.00000225. The van der Waals surface area contributed by atoms with E-state index in [0.29, 0.717) is 12.3 Å². The molecule has 0 aliphatic carbocycles. The summed E-state index contributed by atoms with van der Waals surface area (Å²) in [6.45, 7) is 7.36. The standard InChI is InChI=1S/C10H20N2O2S.ClH/c1-3-4-7-15(13,14)12-10-5-6-11-8-9(10)2;/h3,9-12H,1,4-8H2,2H3;1H. The van der Waals surface area contributed by atoms with Crippen molar-refractivity contribution in [3.63, 3.8) is 0 Å². The number of allylic oxidation sites excluding steroid dienone is 1. The van der Waals surface area contributed by atoms with E-state index in [2.05, 4.69) is 23.5 Å². The Kier molecular flexibility index (Phi) is 7.22. The van der Waals surface area contributed by atoms with Gasteiger partial charge in [-0.3, -0.25) is 0 Å². The average molecular weight is 269 g/mol. The Labute approximate surface area is 104 Å². The number of rotatable bonds is 5. The van der Waals surface area contributed by atoms with Gasteiger partial charge in [0.2, 0.25) is 10.0 Å². The van der Waals surface area contributed by atoms with Crippen molar-refractivity contribution in [2.45, 2.75) is 25.8 Å². The summed E-state index contributed by atoms with van der Waals surface area (Å²) >= 11 is 0. The van der Waals surface area contributed by atoms with Crippen LogP contribution in [0.3, 0.4) is 0 Å². The molecule has 0 aromatic heterocycles. The summed E-state index contributed by atoms with van der Waals surface area (Å²) in [6.07, 6.45) is 3.01. The highest BCUT2D eigenvalue weighted by Gasteiger charge is 2.24. The van der Waals surface area contributed by atoms with Crippen molar-refractivity contribution >= 4 is 22.4 Å². The average Bonchev–Trinajstić information content (AvgIpc) is 2.18. The van der Waals surface area contributed by atoms with Crippen molar-refractivity contribution in [3.05, 3.63) is 12.7 Å². The summed E-state index contributed by atoms with van der Waals surface area (Å²) in [5, 5.41) is 3.24. The molecule has 1 fully saturated rings. The monoisotopic (exact) mass is 268 g/mol.